The second-order valence-electron chi connectivity index (χ2n) is 4.97. The van der Waals surface area contributed by atoms with Crippen molar-refractivity contribution in [1.82, 2.24) is 5.43 Å². The predicted molar refractivity (Wildman–Crippen MR) is 69.4 cm³/mol. The SMILES string of the molecule is Cc1cc(OCC(C)(C)C(=O)NN)c(F)cc1[N+](=O)[O-]. The van der Waals surface area contributed by atoms with Crippen LogP contribution in [0.25, 0.3) is 0 Å². The summed E-state index contributed by atoms with van der Waals surface area (Å²) in [4.78, 5) is 21.4. The lowest BCUT2D eigenvalue weighted by Gasteiger charge is -2.22. The molecule has 0 aliphatic carbocycles. The molecule has 0 atom stereocenters. The Kier molecular flexibility index (Phi) is 4.61. The van der Waals surface area contributed by atoms with Crippen molar-refractivity contribution in [3.8, 4) is 5.75 Å². The van der Waals surface area contributed by atoms with Gasteiger partial charge in [0.05, 0.1) is 16.4 Å². The van der Waals surface area contributed by atoms with Gasteiger partial charge in [0.15, 0.2) is 11.6 Å². The monoisotopic (exact) mass is 285 g/mol. The maximum absolute atomic E-state index is 13.7. The van der Waals surface area contributed by atoms with Crippen molar-refractivity contribution in [3.05, 3.63) is 33.6 Å². The predicted octanol–water partition coefficient (Wildman–Crippen LogP) is 1.44. The number of ether oxygens (including phenoxy) is 1. The van der Waals surface area contributed by atoms with Crippen LogP contribution in [-0.2, 0) is 4.79 Å². The number of hydrogen-bond donors (Lipinski definition) is 2. The minimum Gasteiger partial charge on any atom is -0.489 e. The van der Waals surface area contributed by atoms with E-state index in [2.05, 4.69) is 0 Å². The van der Waals surface area contributed by atoms with Gasteiger partial charge in [0, 0.05) is 5.56 Å². The van der Waals surface area contributed by atoms with Crippen molar-refractivity contribution in [1.29, 1.82) is 0 Å². The zero-order valence-corrected chi connectivity index (χ0v) is 11.4. The third kappa shape index (κ3) is 3.41. The fourth-order valence-electron chi connectivity index (χ4n) is 1.47. The minimum atomic E-state index is -0.961. The number of rotatable bonds is 5. The molecule has 0 saturated carbocycles. The van der Waals surface area contributed by atoms with Crippen LogP contribution in [0, 0.1) is 28.3 Å². The zero-order valence-electron chi connectivity index (χ0n) is 11.4. The van der Waals surface area contributed by atoms with E-state index < -0.39 is 22.1 Å². The Balaban J connectivity index is 2.92. The van der Waals surface area contributed by atoms with Crippen LogP contribution >= 0.6 is 0 Å². The van der Waals surface area contributed by atoms with Crippen LogP contribution in [0.5, 0.6) is 5.75 Å². The number of amides is 1. The Morgan fingerprint density at radius 2 is 2.15 bits per heavy atom. The first-order valence-electron chi connectivity index (χ1n) is 5.77. The molecular weight excluding hydrogens is 269 g/mol. The fourth-order valence-corrected chi connectivity index (χ4v) is 1.47. The molecule has 0 aliphatic rings. The van der Waals surface area contributed by atoms with Gasteiger partial charge in [-0.05, 0) is 26.8 Å². The van der Waals surface area contributed by atoms with Crippen LogP contribution in [0.2, 0.25) is 0 Å². The Bertz CT molecular complexity index is 546. The second-order valence-corrected chi connectivity index (χ2v) is 4.97. The van der Waals surface area contributed by atoms with Crippen LogP contribution < -0.4 is 16.0 Å². The van der Waals surface area contributed by atoms with Crippen molar-refractivity contribution in [3.63, 3.8) is 0 Å². The molecule has 1 aromatic carbocycles. The molecule has 20 heavy (non-hydrogen) atoms. The van der Waals surface area contributed by atoms with E-state index in [-0.39, 0.29) is 23.6 Å². The van der Waals surface area contributed by atoms with Crippen molar-refractivity contribution in [2.45, 2.75) is 20.8 Å². The molecule has 0 aromatic heterocycles. The summed E-state index contributed by atoms with van der Waals surface area (Å²) in [6.07, 6.45) is 0. The van der Waals surface area contributed by atoms with E-state index in [0.717, 1.165) is 6.07 Å². The van der Waals surface area contributed by atoms with Gasteiger partial charge >= 0.3 is 0 Å². The number of nitro groups is 1. The number of aryl methyl sites for hydroxylation is 1. The number of nitrogens with zero attached hydrogens (tertiary/aromatic N) is 1. The van der Waals surface area contributed by atoms with E-state index in [4.69, 9.17) is 10.6 Å². The van der Waals surface area contributed by atoms with Gasteiger partial charge in [-0.25, -0.2) is 10.2 Å². The zero-order chi connectivity index (χ0) is 15.5. The van der Waals surface area contributed by atoms with Crippen molar-refractivity contribution >= 4 is 11.6 Å². The van der Waals surface area contributed by atoms with Crippen LogP contribution in [0.3, 0.4) is 0 Å². The van der Waals surface area contributed by atoms with E-state index in [1.165, 1.54) is 13.0 Å². The normalized spacial score (nSPS) is 11.1. The lowest BCUT2D eigenvalue weighted by atomic mass is 9.94. The molecular formula is C12H16FN3O4. The molecule has 0 aliphatic heterocycles. The van der Waals surface area contributed by atoms with Gasteiger partial charge in [-0.1, -0.05) is 0 Å². The van der Waals surface area contributed by atoms with Gasteiger partial charge in [0.25, 0.3) is 5.69 Å². The number of nitro benzene ring substituents is 1. The first-order valence-corrected chi connectivity index (χ1v) is 5.77. The summed E-state index contributed by atoms with van der Waals surface area (Å²) in [5, 5.41) is 10.7. The van der Waals surface area contributed by atoms with E-state index in [9.17, 15) is 19.3 Å². The Hall–Kier alpha value is -2.22. The van der Waals surface area contributed by atoms with E-state index >= 15 is 0 Å². The number of hydrogen-bond acceptors (Lipinski definition) is 5. The quantitative estimate of drug-likeness (QED) is 0.368. The Morgan fingerprint density at radius 1 is 1.55 bits per heavy atom. The van der Waals surface area contributed by atoms with E-state index in [0.29, 0.717) is 0 Å². The van der Waals surface area contributed by atoms with Crippen LogP contribution in [0.1, 0.15) is 19.4 Å². The van der Waals surface area contributed by atoms with Crippen LogP contribution in [-0.4, -0.2) is 17.4 Å². The van der Waals surface area contributed by atoms with Gasteiger partial charge in [-0.15, -0.1) is 0 Å². The van der Waals surface area contributed by atoms with Gasteiger partial charge < -0.3 is 4.74 Å². The topological polar surface area (TPSA) is 107 Å². The maximum atomic E-state index is 13.7. The summed E-state index contributed by atoms with van der Waals surface area (Å²) in [7, 11) is 0. The van der Waals surface area contributed by atoms with Gasteiger partial charge in [0.2, 0.25) is 5.91 Å². The number of halogens is 1. The van der Waals surface area contributed by atoms with E-state index in [1.807, 2.05) is 5.43 Å². The number of hydrazine groups is 1. The second kappa shape index (κ2) is 5.83. The third-order valence-corrected chi connectivity index (χ3v) is 2.78. The van der Waals surface area contributed by atoms with Crippen LogP contribution in [0.4, 0.5) is 10.1 Å². The molecule has 1 amide bonds. The molecule has 0 bridgehead atoms. The highest BCUT2D eigenvalue weighted by molar-refractivity contribution is 5.81. The summed E-state index contributed by atoms with van der Waals surface area (Å²) in [6, 6.07) is 2.02. The highest BCUT2D eigenvalue weighted by atomic mass is 19.1. The average molecular weight is 285 g/mol. The summed E-state index contributed by atoms with van der Waals surface area (Å²) in [5.41, 5.74) is 0.974. The fraction of sp³-hybridized carbons (Fsp3) is 0.417. The Labute approximate surface area is 115 Å². The molecule has 0 unspecified atom stereocenters. The number of benzene rings is 1. The molecule has 8 heteroatoms. The average Bonchev–Trinajstić information content (AvgIpc) is 2.37. The first kappa shape index (κ1) is 15.8. The van der Waals surface area contributed by atoms with Crippen molar-refractivity contribution < 1.29 is 18.8 Å². The molecule has 3 N–H and O–H groups in total. The molecule has 7 nitrogen and oxygen atoms in total. The first-order chi connectivity index (χ1) is 9.19. The summed E-state index contributed by atoms with van der Waals surface area (Å²) in [6.45, 7) is 4.50. The largest absolute Gasteiger partial charge is 0.489 e. The minimum absolute atomic E-state index is 0.121. The Morgan fingerprint density at radius 3 is 2.65 bits per heavy atom. The third-order valence-electron chi connectivity index (χ3n) is 2.78. The number of nitrogens with one attached hydrogen (secondary N) is 1. The van der Waals surface area contributed by atoms with Crippen molar-refractivity contribution in [2.75, 3.05) is 6.61 Å². The lowest BCUT2D eigenvalue weighted by molar-refractivity contribution is -0.385. The smallest absolute Gasteiger partial charge is 0.275 e. The van der Waals surface area contributed by atoms with Gasteiger partial charge in [-0.2, -0.15) is 0 Å². The van der Waals surface area contributed by atoms with Gasteiger partial charge in [-0.3, -0.25) is 20.3 Å². The molecule has 1 aromatic rings. The van der Waals surface area contributed by atoms with Crippen molar-refractivity contribution in [2.24, 2.45) is 11.3 Å². The van der Waals surface area contributed by atoms with Crippen LogP contribution in [0.15, 0.2) is 12.1 Å². The molecule has 110 valence electrons. The highest BCUT2D eigenvalue weighted by Crippen LogP contribution is 2.28. The maximum Gasteiger partial charge on any atom is 0.275 e. The summed E-state index contributed by atoms with van der Waals surface area (Å²) >= 11 is 0. The lowest BCUT2D eigenvalue weighted by Crippen LogP contribution is -2.44. The molecule has 1 rings (SSSR count). The van der Waals surface area contributed by atoms with Gasteiger partial charge in [0.1, 0.15) is 6.61 Å². The molecule has 0 fully saturated rings. The molecule has 0 heterocycles. The number of carbonyl (C=O) groups excluding carboxylic acids is 1. The van der Waals surface area contributed by atoms with E-state index in [1.54, 1.807) is 13.8 Å². The molecule has 0 radical (unpaired) electrons. The molecule has 0 spiro atoms. The molecule has 0 saturated heterocycles. The highest BCUT2D eigenvalue weighted by Gasteiger charge is 2.28. The number of nitrogens with two attached hydrogens (primary N) is 1. The summed E-state index contributed by atoms with van der Waals surface area (Å²) in [5.74, 6) is 3.57. The number of carbonyl (C=O) groups is 1. The standard InChI is InChI=1S/C12H16FN3O4/c1-7-4-10(8(13)5-9(7)16(18)19)20-6-12(2,3)11(17)15-14/h4-5H,6,14H2,1-3H3,(H,15,17). The summed E-state index contributed by atoms with van der Waals surface area (Å²) < 4.78 is 18.9.